The molecule has 5 nitrogen and oxygen atoms in total. The Morgan fingerprint density at radius 3 is 2.45 bits per heavy atom. The molecular formula is C24H25N3O2. The first-order valence-electron chi connectivity index (χ1n) is 9.63. The molecule has 0 atom stereocenters. The molecule has 1 heterocycles. The number of carbonyl (C=O) groups is 2. The summed E-state index contributed by atoms with van der Waals surface area (Å²) in [5, 5.41) is 2.83. The standard InChI is InChI=1S/C24H25N3O2/c1-17(2)27(16-19-8-5-4-6-9-19)22-12-13-25-23(15-22)24(29)26-21-11-7-10-20(14-21)18(3)28/h4-15,17H,16H2,1-3H3,(H,26,29). The van der Waals surface area contributed by atoms with Crippen molar-refractivity contribution in [3.8, 4) is 0 Å². The van der Waals surface area contributed by atoms with Gasteiger partial charge in [-0.25, -0.2) is 0 Å². The quantitative estimate of drug-likeness (QED) is 0.583. The summed E-state index contributed by atoms with van der Waals surface area (Å²) in [4.78, 5) is 30.7. The summed E-state index contributed by atoms with van der Waals surface area (Å²) in [7, 11) is 0. The number of aromatic nitrogens is 1. The lowest BCUT2D eigenvalue weighted by atomic mass is 10.1. The maximum Gasteiger partial charge on any atom is 0.274 e. The van der Waals surface area contributed by atoms with Crippen molar-refractivity contribution in [2.24, 2.45) is 0 Å². The predicted molar refractivity (Wildman–Crippen MR) is 116 cm³/mol. The van der Waals surface area contributed by atoms with E-state index in [4.69, 9.17) is 0 Å². The Morgan fingerprint density at radius 1 is 1.00 bits per heavy atom. The molecule has 0 aliphatic carbocycles. The Kier molecular flexibility index (Phi) is 6.39. The van der Waals surface area contributed by atoms with Gasteiger partial charge in [-0.2, -0.15) is 0 Å². The average Bonchev–Trinajstić information content (AvgIpc) is 2.73. The van der Waals surface area contributed by atoms with Crippen LogP contribution >= 0.6 is 0 Å². The molecule has 3 rings (SSSR count). The molecule has 1 N–H and O–H groups in total. The molecule has 2 aromatic carbocycles. The Balaban J connectivity index is 1.81. The van der Waals surface area contributed by atoms with Gasteiger partial charge in [-0.15, -0.1) is 0 Å². The lowest BCUT2D eigenvalue weighted by Gasteiger charge is -2.29. The van der Waals surface area contributed by atoms with E-state index in [1.165, 1.54) is 12.5 Å². The molecule has 148 valence electrons. The highest BCUT2D eigenvalue weighted by Gasteiger charge is 2.15. The molecule has 3 aromatic rings. The van der Waals surface area contributed by atoms with Gasteiger partial charge in [-0.3, -0.25) is 14.6 Å². The molecule has 0 saturated heterocycles. The highest BCUT2D eigenvalue weighted by molar-refractivity contribution is 6.04. The van der Waals surface area contributed by atoms with Crippen LogP contribution in [0.25, 0.3) is 0 Å². The number of hydrogen-bond donors (Lipinski definition) is 1. The normalized spacial score (nSPS) is 10.6. The molecule has 0 bridgehead atoms. The van der Waals surface area contributed by atoms with Crippen LogP contribution < -0.4 is 10.2 Å². The Bertz CT molecular complexity index is 1000. The van der Waals surface area contributed by atoms with Crippen LogP contribution in [0.15, 0.2) is 72.9 Å². The van der Waals surface area contributed by atoms with Crippen molar-refractivity contribution >= 4 is 23.1 Å². The minimum absolute atomic E-state index is 0.0466. The van der Waals surface area contributed by atoms with E-state index < -0.39 is 0 Å². The van der Waals surface area contributed by atoms with Crippen LogP contribution in [-0.4, -0.2) is 22.7 Å². The first kappa shape index (κ1) is 20.3. The maximum atomic E-state index is 12.7. The molecular weight excluding hydrogens is 362 g/mol. The van der Waals surface area contributed by atoms with Crippen molar-refractivity contribution in [1.29, 1.82) is 0 Å². The number of nitrogens with zero attached hydrogens (tertiary/aromatic N) is 2. The monoisotopic (exact) mass is 387 g/mol. The van der Waals surface area contributed by atoms with E-state index in [0.717, 1.165) is 12.2 Å². The van der Waals surface area contributed by atoms with Crippen LogP contribution in [0.5, 0.6) is 0 Å². The molecule has 0 saturated carbocycles. The number of benzene rings is 2. The molecule has 0 unspecified atom stereocenters. The van der Waals surface area contributed by atoms with E-state index in [-0.39, 0.29) is 17.7 Å². The SMILES string of the molecule is CC(=O)c1cccc(NC(=O)c2cc(N(Cc3ccccc3)C(C)C)ccn2)c1. The van der Waals surface area contributed by atoms with E-state index >= 15 is 0 Å². The van der Waals surface area contributed by atoms with Gasteiger partial charge in [-0.1, -0.05) is 42.5 Å². The lowest BCUT2D eigenvalue weighted by molar-refractivity contribution is 0.100. The van der Waals surface area contributed by atoms with Gasteiger partial charge in [0.2, 0.25) is 0 Å². The van der Waals surface area contributed by atoms with Gasteiger partial charge in [-0.05, 0) is 50.6 Å². The smallest absolute Gasteiger partial charge is 0.274 e. The highest BCUT2D eigenvalue weighted by atomic mass is 16.2. The summed E-state index contributed by atoms with van der Waals surface area (Å²) >= 11 is 0. The number of pyridine rings is 1. The minimum atomic E-state index is -0.309. The number of rotatable bonds is 7. The van der Waals surface area contributed by atoms with Gasteiger partial charge >= 0.3 is 0 Å². The highest BCUT2D eigenvalue weighted by Crippen LogP contribution is 2.21. The molecule has 29 heavy (non-hydrogen) atoms. The second kappa shape index (κ2) is 9.15. The zero-order chi connectivity index (χ0) is 20.8. The zero-order valence-corrected chi connectivity index (χ0v) is 16.9. The fraction of sp³-hybridized carbons (Fsp3) is 0.208. The molecule has 1 amide bonds. The van der Waals surface area contributed by atoms with Crippen molar-refractivity contribution in [1.82, 2.24) is 4.98 Å². The molecule has 5 heteroatoms. The van der Waals surface area contributed by atoms with Gasteiger partial charge in [0, 0.05) is 35.7 Å². The van der Waals surface area contributed by atoms with Crippen molar-refractivity contribution in [3.63, 3.8) is 0 Å². The second-order valence-electron chi connectivity index (χ2n) is 7.20. The van der Waals surface area contributed by atoms with Crippen LogP contribution in [0.1, 0.15) is 47.2 Å². The Morgan fingerprint density at radius 2 is 1.76 bits per heavy atom. The van der Waals surface area contributed by atoms with Gasteiger partial charge < -0.3 is 10.2 Å². The summed E-state index contributed by atoms with van der Waals surface area (Å²) in [5.41, 5.74) is 3.58. The molecule has 1 aromatic heterocycles. The predicted octanol–water partition coefficient (Wildman–Crippen LogP) is 4.95. The van der Waals surface area contributed by atoms with Crippen molar-refractivity contribution in [2.75, 3.05) is 10.2 Å². The van der Waals surface area contributed by atoms with Crippen molar-refractivity contribution in [3.05, 3.63) is 89.7 Å². The minimum Gasteiger partial charge on any atom is -0.365 e. The van der Waals surface area contributed by atoms with Gasteiger partial charge in [0.25, 0.3) is 5.91 Å². The summed E-state index contributed by atoms with van der Waals surface area (Å²) in [6.45, 7) is 6.48. The molecule has 0 spiro atoms. The van der Waals surface area contributed by atoms with Crippen LogP contribution in [0.2, 0.25) is 0 Å². The number of carbonyl (C=O) groups excluding carboxylic acids is 2. The first-order valence-corrected chi connectivity index (χ1v) is 9.63. The number of nitrogens with one attached hydrogen (secondary N) is 1. The third kappa shape index (κ3) is 5.29. The van der Waals surface area contributed by atoms with E-state index in [2.05, 4.69) is 41.2 Å². The van der Waals surface area contributed by atoms with Crippen molar-refractivity contribution in [2.45, 2.75) is 33.4 Å². The van der Waals surface area contributed by atoms with E-state index in [0.29, 0.717) is 16.9 Å². The summed E-state index contributed by atoms with van der Waals surface area (Å²) < 4.78 is 0. The topological polar surface area (TPSA) is 62.3 Å². The van der Waals surface area contributed by atoms with Crippen LogP contribution in [0.4, 0.5) is 11.4 Å². The van der Waals surface area contributed by atoms with Crippen LogP contribution in [-0.2, 0) is 6.54 Å². The van der Waals surface area contributed by atoms with Crippen molar-refractivity contribution < 1.29 is 9.59 Å². The first-order chi connectivity index (χ1) is 13.9. The Labute approximate surface area is 171 Å². The summed E-state index contributed by atoms with van der Waals surface area (Å²) in [5.74, 6) is -0.356. The number of Topliss-reactive ketones (excluding diaryl/α,β-unsaturated/α-hetero) is 1. The van der Waals surface area contributed by atoms with E-state index in [1.807, 2.05) is 24.3 Å². The molecule has 0 aliphatic rings. The number of amides is 1. The van der Waals surface area contributed by atoms with Crippen LogP contribution in [0.3, 0.4) is 0 Å². The number of hydrogen-bond acceptors (Lipinski definition) is 4. The fourth-order valence-electron chi connectivity index (χ4n) is 3.09. The largest absolute Gasteiger partial charge is 0.365 e. The molecule has 0 aliphatic heterocycles. The van der Waals surface area contributed by atoms with E-state index in [1.54, 1.807) is 36.5 Å². The number of ketones is 1. The Hall–Kier alpha value is -3.47. The number of anilines is 2. The second-order valence-corrected chi connectivity index (χ2v) is 7.20. The van der Waals surface area contributed by atoms with Gasteiger partial charge in [0.1, 0.15) is 5.69 Å². The third-order valence-corrected chi connectivity index (χ3v) is 4.65. The maximum absolute atomic E-state index is 12.7. The van der Waals surface area contributed by atoms with Gasteiger partial charge in [0.05, 0.1) is 0 Å². The molecule has 0 radical (unpaired) electrons. The fourth-order valence-corrected chi connectivity index (χ4v) is 3.09. The lowest BCUT2D eigenvalue weighted by Crippen LogP contribution is -2.30. The average molecular weight is 387 g/mol. The summed E-state index contributed by atoms with van der Waals surface area (Å²) in [6, 6.07) is 21.1. The van der Waals surface area contributed by atoms with E-state index in [9.17, 15) is 9.59 Å². The zero-order valence-electron chi connectivity index (χ0n) is 16.9. The summed E-state index contributed by atoms with van der Waals surface area (Å²) in [6.07, 6.45) is 1.65. The van der Waals surface area contributed by atoms with Crippen LogP contribution in [0, 0.1) is 0 Å². The molecule has 0 fully saturated rings. The third-order valence-electron chi connectivity index (χ3n) is 4.65. The van der Waals surface area contributed by atoms with Gasteiger partial charge in [0.15, 0.2) is 5.78 Å².